The first kappa shape index (κ1) is 41.0. The van der Waals surface area contributed by atoms with Crippen molar-refractivity contribution in [1.82, 2.24) is 15.2 Å². The van der Waals surface area contributed by atoms with Crippen LogP contribution in [0, 0.1) is 0 Å². The summed E-state index contributed by atoms with van der Waals surface area (Å²) in [5, 5.41) is 53.8. The van der Waals surface area contributed by atoms with Crippen molar-refractivity contribution in [3.05, 3.63) is 82.6 Å². The number of ether oxygens (including phenoxy) is 1. The van der Waals surface area contributed by atoms with Crippen molar-refractivity contribution in [2.24, 2.45) is 0 Å². The van der Waals surface area contributed by atoms with E-state index in [-0.39, 0.29) is 36.4 Å². The lowest BCUT2D eigenvalue weighted by Crippen LogP contribution is -2.53. The molecule has 6 N–H and O–H groups in total. The fourth-order valence-corrected chi connectivity index (χ4v) is 7.26. The third kappa shape index (κ3) is 11.0. The molecule has 0 spiro atoms. The fraction of sp³-hybridized carbons (Fsp3) is 0.538. The van der Waals surface area contributed by atoms with E-state index in [4.69, 9.17) is 21.4 Å². The van der Waals surface area contributed by atoms with E-state index in [9.17, 15) is 33.6 Å². The molecule has 1 amide bonds. The lowest BCUT2D eigenvalue weighted by molar-refractivity contribution is -0.158. The number of aliphatic hydroxyl groups is 5. The normalized spacial score (nSPS) is 18.1. The summed E-state index contributed by atoms with van der Waals surface area (Å²) in [7, 11) is -3.45. The molecule has 2 saturated carbocycles. The van der Waals surface area contributed by atoms with E-state index >= 15 is 0 Å². The molecule has 2 aromatic carbocycles. The summed E-state index contributed by atoms with van der Waals surface area (Å²) in [5.41, 5.74) is 5.15. The number of nitrogens with zero attached hydrogens (tertiary/aromatic N) is 2. The Morgan fingerprint density at radius 3 is 2.45 bits per heavy atom. The average Bonchev–Trinajstić information content (AvgIpc) is 4.10. The van der Waals surface area contributed by atoms with E-state index in [0.29, 0.717) is 24.4 Å². The molecule has 3 aromatic rings. The Bertz CT molecular complexity index is 1800. The highest BCUT2D eigenvalue weighted by Crippen LogP contribution is 2.50. The number of hydrogen-bond donors (Lipinski definition) is 6. The summed E-state index contributed by atoms with van der Waals surface area (Å²) in [5.74, 6) is -0.304. The number of aromatic nitrogens is 1. The van der Waals surface area contributed by atoms with E-state index in [1.165, 1.54) is 0 Å². The molecule has 53 heavy (non-hydrogen) atoms. The molecule has 0 bridgehead atoms. The molecule has 12 nitrogen and oxygen atoms in total. The third-order valence-corrected chi connectivity index (χ3v) is 11.5. The van der Waals surface area contributed by atoms with E-state index in [1.54, 1.807) is 0 Å². The van der Waals surface area contributed by atoms with Gasteiger partial charge in [0, 0.05) is 54.4 Å². The van der Waals surface area contributed by atoms with E-state index < -0.39 is 46.8 Å². The molecule has 5 atom stereocenters. The monoisotopic (exact) mass is 773 g/mol. The van der Waals surface area contributed by atoms with Crippen molar-refractivity contribution in [3.63, 3.8) is 0 Å². The van der Waals surface area contributed by atoms with Crippen LogP contribution in [0.2, 0.25) is 5.02 Å². The highest BCUT2D eigenvalue weighted by atomic mass is 35.5. The number of amides is 1. The zero-order chi connectivity index (χ0) is 38.3. The summed E-state index contributed by atoms with van der Waals surface area (Å²) < 4.78 is 30.0. The van der Waals surface area contributed by atoms with Crippen molar-refractivity contribution in [1.29, 1.82) is 0 Å². The standard InChI is InChI=1S/C39H52ClN3O9S/c1-25(7-5-6-18-43(19-20-53(2,50)51)38(49)37(48)36(47)35(46)33(45)24-44)26-10-13-32(40)27(21-26)22-42-39(15-16-39)31-23-41-17-14-29(31)30-8-3-4-9-34(30)52-28-11-12-28/h3-4,8-10,13-14,17,21,23,25,28,33,35-37,42,44-48H,5-7,11-12,15-16,18-20,22,24H2,1-2H3. The van der Waals surface area contributed by atoms with Gasteiger partial charge in [0.05, 0.1) is 18.5 Å². The number of carbonyl (C=O) groups excluding carboxylic acids is 1. The van der Waals surface area contributed by atoms with Gasteiger partial charge in [-0.1, -0.05) is 55.3 Å². The topological polar surface area (TPSA) is 190 Å². The van der Waals surface area contributed by atoms with Crippen molar-refractivity contribution < 1.29 is 43.5 Å². The second-order valence-electron chi connectivity index (χ2n) is 14.5. The Morgan fingerprint density at radius 2 is 1.77 bits per heavy atom. The number of para-hydroxylation sites is 1. The minimum absolute atomic E-state index is 0.106. The van der Waals surface area contributed by atoms with Gasteiger partial charge in [0.15, 0.2) is 6.10 Å². The molecule has 2 aliphatic carbocycles. The number of sulfone groups is 1. The molecule has 5 rings (SSSR count). The van der Waals surface area contributed by atoms with Gasteiger partial charge in [0.25, 0.3) is 5.91 Å². The van der Waals surface area contributed by atoms with Gasteiger partial charge in [-0.15, -0.1) is 0 Å². The average molecular weight is 774 g/mol. The van der Waals surface area contributed by atoms with E-state index in [0.717, 1.165) is 76.8 Å². The largest absolute Gasteiger partial charge is 0.490 e. The zero-order valence-corrected chi connectivity index (χ0v) is 31.8. The van der Waals surface area contributed by atoms with Crippen molar-refractivity contribution in [2.45, 2.75) is 100 Å². The fourth-order valence-electron chi connectivity index (χ4n) is 6.52. The number of rotatable bonds is 21. The number of nitrogens with one attached hydrogen (secondary N) is 1. The van der Waals surface area contributed by atoms with Crippen LogP contribution >= 0.6 is 11.6 Å². The van der Waals surface area contributed by atoms with E-state index in [1.807, 2.05) is 42.7 Å². The van der Waals surface area contributed by atoms with Gasteiger partial charge in [0.1, 0.15) is 33.9 Å². The predicted molar refractivity (Wildman–Crippen MR) is 202 cm³/mol. The van der Waals surface area contributed by atoms with Gasteiger partial charge >= 0.3 is 0 Å². The molecular formula is C39H52ClN3O9S. The number of halogens is 1. The Morgan fingerprint density at radius 1 is 1.04 bits per heavy atom. The molecule has 1 aromatic heterocycles. The van der Waals surface area contributed by atoms with Crippen LogP contribution in [0.3, 0.4) is 0 Å². The lowest BCUT2D eigenvalue weighted by Gasteiger charge is -2.30. The summed E-state index contributed by atoms with van der Waals surface area (Å²) >= 11 is 6.71. The van der Waals surface area contributed by atoms with Crippen molar-refractivity contribution in [2.75, 3.05) is 31.7 Å². The molecule has 0 aliphatic heterocycles. The van der Waals surface area contributed by atoms with Crippen LogP contribution in [-0.4, -0.2) is 112 Å². The summed E-state index contributed by atoms with van der Waals surface area (Å²) in [6, 6.07) is 16.3. The second kappa shape index (κ2) is 18.0. The Hall–Kier alpha value is -3.14. The van der Waals surface area contributed by atoms with Crippen molar-refractivity contribution >= 4 is 27.3 Å². The molecule has 14 heteroatoms. The Kier molecular flexibility index (Phi) is 13.9. The number of hydrogen-bond acceptors (Lipinski definition) is 11. The van der Waals surface area contributed by atoms with Gasteiger partial charge < -0.3 is 40.5 Å². The van der Waals surface area contributed by atoms with Crippen LogP contribution in [-0.2, 0) is 26.7 Å². The zero-order valence-electron chi connectivity index (χ0n) is 30.3. The number of benzene rings is 2. The van der Waals surface area contributed by atoms with Crippen LogP contribution in [0.4, 0.5) is 0 Å². The van der Waals surface area contributed by atoms with Crippen LogP contribution < -0.4 is 10.1 Å². The molecule has 0 saturated heterocycles. The smallest absolute Gasteiger partial charge is 0.254 e. The lowest BCUT2D eigenvalue weighted by atomic mass is 9.93. The van der Waals surface area contributed by atoms with Crippen LogP contribution in [0.1, 0.15) is 74.5 Å². The summed E-state index contributed by atoms with van der Waals surface area (Å²) in [6.45, 7) is 1.66. The highest BCUT2D eigenvalue weighted by Gasteiger charge is 2.46. The van der Waals surface area contributed by atoms with Gasteiger partial charge in [-0.3, -0.25) is 9.78 Å². The first-order valence-electron chi connectivity index (χ1n) is 18.3. The molecular weight excluding hydrogens is 722 g/mol. The number of unbranched alkanes of at least 4 members (excludes halogenated alkanes) is 1. The SMILES string of the molecule is CC(CCCCN(CCS(C)(=O)=O)C(=O)C(O)C(O)C(O)C(O)CO)c1ccc(Cl)c(CNC2(c3cnccc3-c3ccccc3OC3CC3)CC2)c1. The maximum atomic E-state index is 13.0. The maximum Gasteiger partial charge on any atom is 0.254 e. The highest BCUT2D eigenvalue weighted by molar-refractivity contribution is 7.90. The minimum atomic E-state index is -3.45. The van der Waals surface area contributed by atoms with E-state index in [2.05, 4.69) is 35.4 Å². The van der Waals surface area contributed by atoms with Crippen LogP contribution in [0.15, 0.2) is 60.9 Å². The first-order chi connectivity index (χ1) is 25.2. The number of aliphatic hydroxyl groups excluding tert-OH is 5. The summed E-state index contributed by atoms with van der Waals surface area (Å²) in [4.78, 5) is 18.7. The predicted octanol–water partition coefficient (Wildman–Crippen LogP) is 3.31. The Balaban J connectivity index is 1.19. The number of pyridine rings is 1. The maximum absolute atomic E-state index is 13.0. The minimum Gasteiger partial charge on any atom is -0.490 e. The first-order valence-corrected chi connectivity index (χ1v) is 20.7. The molecule has 290 valence electrons. The Labute approximate surface area is 316 Å². The van der Waals surface area contributed by atoms with Gasteiger partial charge in [-0.05, 0) is 84.9 Å². The van der Waals surface area contributed by atoms with Gasteiger partial charge in [0.2, 0.25) is 0 Å². The summed E-state index contributed by atoms with van der Waals surface area (Å²) in [6.07, 6.45) is 3.14. The third-order valence-electron chi connectivity index (χ3n) is 10.2. The van der Waals surface area contributed by atoms with Crippen molar-refractivity contribution in [3.8, 4) is 16.9 Å². The molecule has 1 heterocycles. The molecule has 2 aliphatic rings. The second-order valence-corrected chi connectivity index (χ2v) is 17.2. The molecule has 2 fully saturated rings. The van der Waals surface area contributed by atoms with Gasteiger partial charge in [-0.2, -0.15) is 0 Å². The van der Waals surface area contributed by atoms with Crippen LogP contribution in [0.5, 0.6) is 5.75 Å². The molecule has 5 unspecified atom stereocenters. The van der Waals surface area contributed by atoms with Gasteiger partial charge in [-0.25, -0.2) is 8.42 Å². The molecule has 0 radical (unpaired) electrons. The quantitative estimate of drug-likeness (QED) is 0.0872. The number of carbonyl (C=O) groups is 1. The van der Waals surface area contributed by atoms with Crippen LogP contribution in [0.25, 0.3) is 11.1 Å².